The molecule has 0 atom stereocenters. The first-order valence-corrected chi connectivity index (χ1v) is 16.6. The third-order valence-electron chi connectivity index (χ3n) is 8.73. The molecular formula is C40H42N4O4. The lowest BCUT2D eigenvalue weighted by Crippen LogP contribution is -2.38. The fourth-order valence-corrected chi connectivity index (χ4v) is 6.85. The van der Waals surface area contributed by atoms with Gasteiger partial charge in [-0.25, -0.2) is 0 Å². The summed E-state index contributed by atoms with van der Waals surface area (Å²) in [4.78, 5) is 32.7. The molecule has 8 heteroatoms. The zero-order valence-electron chi connectivity index (χ0n) is 28.8. The molecule has 8 nitrogen and oxygen atoms in total. The van der Waals surface area contributed by atoms with Crippen LogP contribution < -0.4 is 20.7 Å². The highest BCUT2D eigenvalue weighted by atomic mass is 16.4. The average molecular weight is 643 g/mol. The molecule has 2 aromatic heterocycles. The van der Waals surface area contributed by atoms with E-state index in [-0.39, 0.29) is 35.0 Å². The second-order valence-corrected chi connectivity index (χ2v) is 13.3. The highest BCUT2D eigenvalue weighted by molar-refractivity contribution is 6.09. The average Bonchev–Trinajstić information content (AvgIpc) is 3.04. The summed E-state index contributed by atoms with van der Waals surface area (Å²) in [6, 6.07) is 23.3. The third-order valence-corrected chi connectivity index (χ3v) is 8.73. The van der Waals surface area contributed by atoms with Gasteiger partial charge in [-0.1, -0.05) is 60.7 Å². The van der Waals surface area contributed by atoms with Gasteiger partial charge in [0, 0.05) is 24.2 Å². The van der Waals surface area contributed by atoms with Crippen LogP contribution in [0.3, 0.4) is 0 Å². The molecule has 0 saturated carbocycles. The first-order chi connectivity index (χ1) is 23.0. The Morgan fingerprint density at radius 2 is 0.875 bits per heavy atom. The maximum Gasteiger partial charge on any atom is 0.209 e. The van der Waals surface area contributed by atoms with Gasteiger partial charge in [-0.3, -0.25) is 9.59 Å². The molecule has 48 heavy (non-hydrogen) atoms. The maximum absolute atomic E-state index is 14.3. The summed E-state index contributed by atoms with van der Waals surface area (Å²) in [6.45, 7) is 16.5. The zero-order chi connectivity index (χ0) is 34.3. The molecule has 4 aromatic carbocycles. The molecule has 0 saturated heterocycles. The Morgan fingerprint density at radius 3 is 1.23 bits per heavy atom. The van der Waals surface area contributed by atoms with Gasteiger partial charge in [0.25, 0.3) is 0 Å². The van der Waals surface area contributed by atoms with Crippen LogP contribution in [0.15, 0.2) is 101 Å². The molecule has 0 aliphatic heterocycles. The van der Waals surface area contributed by atoms with Crippen molar-refractivity contribution in [2.75, 3.05) is 9.80 Å². The van der Waals surface area contributed by atoms with E-state index in [0.717, 1.165) is 21.5 Å². The number of rotatable bonds is 9. The number of anilines is 2. The molecule has 246 valence electrons. The Kier molecular flexibility index (Phi) is 8.93. The fourth-order valence-electron chi connectivity index (χ4n) is 6.85. The number of nitrogens with zero attached hydrogens (tertiary/aromatic N) is 4. The van der Waals surface area contributed by atoms with E-state index in [4.69, 9.17) is 8.83 Å². The van der Waals surface area contributed by atoms with Gasteiger partial charge in [-0.2, -0.15) is 10.2 Å². The van der Waals surface area contributed by atoms with E-state index in [1.807, 2.05) is 72.8 Å². The number of hydrogen-bond donors (Lipinski definition) is 0. The monoisotopic (exact) mass is 642 g/mol. The topological polar surface area (TPSA) is 91.6 Å². The third kappa shape index (κ3) is 5.76. The van der Waals surface area contributed by atoms with E-state index in [0.29, 0.717) is 44.8 Å². The van der Waals surface area contributed by atoms with Crippen LogP contribution in [0.1, 0.15) is 66.5 Å². The van der Waals surface area contributed by atoms with Crippen LogP contribution in [0.2, 0.25) is 0 Å². The van der Waals surface area contributed by atoms with Crippen molar-refractivity contribution in [3.63, 3.8) is 0 Å². The van der Waals surface area contributed by atoms with E-state index < -0.39 is 0 Å². The van der Waals surface area contributed by atoms with Gasteiger partial charge in [-0.05, 0) is 89.1 Å². The Bertz CT molecular complexity index is 2150. The standard InChI is InChI=1S/C40H42N4O4/c1-23(2)43(24(3)4)39-31(37(45)35-29-15-11-9-13-27(29)17-19-33(35)47-39)21-41-42-22-32-38(46)36-30-16-12-10-14-28(30)18-20-34(36)48-40(32)44(25(5)6)26(7)8/h9-26H,1-8H3/b41-21+,42-22+. The summed E-state index contributed by atoms with van der Waals surface area (Å²) in [5.74, 6) is 0.852. The molecule has 0 amide bonds. The van der Waals surface area contributed by atoms with Crippen molar-refractivity contribution in [2.45, 2.75) is 79.6 Å². The minimum atomic E-state index is -0.198. The van der Waals surface area contributed by atoms with Crippen molar-refractivity contribution in [3.05, 3.63) is 104 Å². The number of hydrogen-bond acceptors (Lipinski definition) is 8. The highest BCUT2D eigenvalue weighted by Gasteiger charge is 2.26. The lowest BCUT2D eigenvalue weighted by molar-refractivity contribution is 0.509. The van der Waals surface area contributed by atoms with Gasteiger partial charge in [0.1, 0.15) is 22.3 Å². The van der Waals surface area contributed by atoms with Crippen LogP contribution in [-0.2, 0) is 0 Å². The van der Waals surface area contributed by atoms with Gasteiger partial charge in [0.15, 0.2) is 0 Å². The van der Waals surface area contributed by atoms with Crippen molar-refractivity contribution >= 4 is 67.7 Å². The number of benzene rings is 4. The molecule has 0 fully saturated rings. The van der Waals surface area contributed by atoms with Crippen molar-refractivity contribution in [1.29, 1.82) is 0 Å². The molecular weight excluding hydrogens is 600 g/mol. The lowest BCUT2D eigenvalue weighted by Gasteiger charge is -2.32. The summed E-state index contributed by atoms with van der Waals surface area (Å²) < 4.78 is 13.0. The molecule has 0 aliphatic carbocycles. The fraction of sp³-hybridized carbons (Fsp3) is 0.300. The Hall–Kier alpha value is -5.24. The second kappa shape index (κ2) is 13.1. The minimum Gasteiger partial charge on any atom is -0.440 e. The summed E-state index contributed by atoms with van der Waals surface area (Å²) in [5, 5.41) is 13.2. The number of fused-ring (bicyclic) bond motifs is 6. The SMILES string of the molecule is CC(C)N(c1oc2ccc3ccccc3c2c(=O)c1/C=N/N=C/c1c(N(C(C)C)C(C)C)oc2ccc3ccccc3c2c1=O)C(C)C. The van der Waals surface area contributed by atoms with Crippen molar-refractivity contribution < 1.29 is 8.83 Å². The molecule has 6 rings (SSSR count). The predicted octanol–water partition coefficient (Wildman–Crippen LogP) is 8.91. The van der Waals surface area contributed by atoms with Crippen LogP contribution in [0, 0.1) is 0 Å². The van der Waals surface area contributed by atoms with Gasteiger partial charge in [0.2, 0.25) is 22.6 Å². The first kappa shape index (κ1) is 32.7. The van der Waals surface area contributed by atoms with E-state index >= 15 is 0 Å². The van der Waals surface area contributed by atoms with Crippen molar-refractivity contribution in [3.8, 4) is 0 Å². The molecule has 6 aromatic rings. The summed E-state index contributed by atoms with van der Waals surface area (Å²) in [7, 11) is 0. The summed E-state index contributed by atoms with van der Waals surface area (Å²) >= 11 is 0. The van der Waals surface area contributed by atoms with Gasteiger partial charge >= 0.3 is 0 Å². The van der Waals surface area contributed by atoms with E-state index in [1.165, 1.54) is 12.4 Å². The molecule has 0 N–H and O–H groups in total. The quantitative estimate of drug-likeness (QED) is 0.0889. The smallest absolute Gasteiger partial charge is 0.209 e. The first-order valence-electron chi connectivity index (χ1n) is 16.6. The predicted molar refractivity (Wildman–Crippen MR) is 201 cm³/mol. The second-order valence-electron chi connectivity index (χ2n) is 13.3. The Morgan fingerprint density at radius 1 is 0.521 bits per heavy atom. The summed E-state index contributed by atoms with van der Waals surface area (Å²) in [5.41, 5.74) is 1.21. The molecule has 0 spiro atoms. The molecule has 2 heterocycles. The van der Waals surface area contributed by atoms with Crippen LogP contribution >= 0.6 is 0 Å². The van der Waals surface area contributed by atoms with Crippen LogP contribution in [0.5, 0.6) is 0 Å². The van der Waals surface area contributed by atoms with Crippen molar-refractivity contribution in [2.24, 2.45) is 10.2 Å². The normalized spacial score (nSPS) is 12.5. The molecule has 0 unspecified atom stereocenters. The lowest BCUT2D eigenvalue weighted by atomic mass is 10.0. The highest BCUT2D eigenvalue weighted by Crippen LogP contribution is 2.32. The van der Waals surface area contributed by atoms with Gasteiger partial charge < -0.3 is 18.6 Å². The van der Waals surface area contributed by atoms with Gasteiger partial charge in [-0.15, -0.1) is 0 Å². The summed E-state index contributed by atoms with van der Waals surface area (Å²) in [6.07, 6.45) is 2.88. The van der Waals surface area contributed by atoms with Crippen LogP contribution in [0.25, 0.3) is 43.5 Å². The van der Waals surface area contributed by atoms with E-state index in [1.54, 1.807) is 0 Å². The van der Waals surface area contributed by atoms with Crippen LogP contribution in [0.4, 0.5) is 11.8 Å². The zero-order valence-corrected chi connectivity index (χ0v) is 28.8. The molecule has 0 aliphatic rings. The van der Waals surface area contributed by atoms with Crippen molar-refractivity contribution in [1.82, 2.24) is 0 Å². The van der Waals surface area contributed by atoms with Gasteiger partial charge in [0.05, 0.1) is 23.2 Å². The molecule has 0 bridgehead atoms. The maximum atomic E-state index is 14.3. The van der Waals surface area contributed by atoms with E-state index in [2.05, 4.69) is 75.4 Å². The van der Waals surface area contributed by atoms with E-state index in [9.17, 15) is 9.59 Å². The van der Waals surface area contributed by atoms with Crippen LogP contribution in [-0.4, -0.2) is 36.6 Å². The molecule has 0 radical (unpaired) electrons. The largest absolute Gasteiger partial charge is 0.440 e. The Labute approximate surface area is 280 Å². The minimum absolute atomic E-state index is 0.0411. The Balaban J connectivity index is 1.56.